The van der Waals surface area contributed by atoms with Gasteiger partial charge in [-0.25, -0.2) is 17.2 Å². The number of nitrogens with one attached hydrogen (secondary N) is 1. The predicted molar refractivity (Wildman–Crippen MR) is 112 cm³/mol. The molecule has 1 atom stereocenters. The van der Waals surface area contributed by atoms with Crippen molar-refractivity contribution in [2.75, 3.05) is 24.2 Å². The van der Waals surface area contributed by atoms with Gasteiger partial charge in [-0.05, 0) is 55.3 Å². The Morgan fingerprint density at radius 3 is 2.32 bits per heavy atom. The second-order valence-electron chi connectivity index (χ2n) is 7.77. The molecule has 0 radical (unpaired) electrons. The van der Waals surface area contributed by atoms with Gasteiger partial charge < -0.3 is 5.32 Å². The molecule has 0 spiro atoms. The van der Waals surface area contributed by atoms with Gasteiger partial charge in [0.15, 0.2) is 0 Å². The van der Waals surface area contributed by atoms with Crippen LogP contribution < -0.4 is 10.2 Å². The lowest BCUT2D eigenvalue weighted by Gasteiger charge is -2.46. The normalized spacial score (nSPS) is 20.0. The van der Waals surface area contributed by atoms with Crippen LogP contribution in [0, 0.1) is 18.6 Å². The molecule has 1 aliphatic rings. The summed E-state index contributed by atoms with van der Waals surface area (Å²) in [5.74, 6) is -2.11. The number of benzene rings is 2. The minimum Gasteiger partial charge on any atom is -0.350 e. The van der Waals surface area contributed by atoms with Crippen molar-refractivity contribution in [2.24, 2.45) is 0 Å². The number of nitrogens with zero attached hydrogens (tertiary/aromatic N) is 2. The molecular weight excluding hydrogens is 428 g/mol. The Hall–Kier alpha value is -2.85. The van der Waals surface area contributed by atoms with Crippen molar-refractivity contribution < 1.29 is 26.8 Å². The standard InChI is InChI=1S/C21H23F2N3O4S/c1-14-10-17(23)8-9-18(14)26-19(27)12-25(31(3,29)30)13-21(26,2)20(28)24-11-15-4-6-16(22)7-5-15/h4-10H,11-13H2,1-3H3,(H,24,28). The molecule has 1 saturated heterocycles. The van der Waals surface area contributed by atoms with Gasteiger partial charge in [-0.3, -0.25) is 14.5 Å². The largest absolute Gasteiger partial charge is 0.350 e. The topological polar surface area (TPSA) is 86.8 Å². The lowest BCUT2D eigenvalue weighted by atomic mass is 9.93. The minimum atomic E-state index is -3.75. The van der Waals surface area contributed by atoms with Gasteiger partial charge in [0.1, 0.15) is 17.2 Å². The fourth-order valence-corrected chi connectivity index (χ4v) is 4.45. The quantitative estimate of drug-likeness (QED) is 0.753. The molecule has 1 aliphatic heterocycles. The third kappa shape index (κ3) is 4.75. The number of hydrogen-bond donors (Lipinski definition) is 1. The first-order valence-corrected chi connectivity index (χ1v) is 11.3. The molecule has 0 saturated carbocycles. The minimum absolute atomic E-state index is 0.0536. The molecule has 10 heteroatoms. The molecule has 7 nitrogen and oxygen atoms in total. The van der Waals surface area contributed by atoms with Gasteiger partial charge in [-0.2, -0.15) is 4.31 Å². The van der Waals surface area contributed by atoms with Gasteiger partial charge in [-0.15, -0.1) is 0 Å². The van der Waals surface area contributed by atoms with Crippen LogP contribution in [0.2, 0.25) is 0 Å². The number of anilines is 1. The van der Waals surface area contributed by atoms with Crippen molar-refractivity contribution in [3.63, 3.8) is 0 Å². The second-order valence-corrected chi connectivity index (χ2v) is 9.76. The number of carbonyl (C=O) groups excluding carboxylic acids is 2. The van der Waals surface area contributed by atoms with Crippen LogP contribution in [0.1, 0.15) is 18.1 Å². The zero-order valence-corrected chi connectivity index (χ0v) is 18.2. The Kier molecular flexibility index (Phi) is 6.15. The summed E-state index contributed by atoms with van der Waals surface area (Å²) in [4.78, 5) is 27.5. The maximum atomic E-state index is 13.6. The van der Waals surface area contributed by atoms with E-state index >= 15 is 0 Å². The Morgan fingerprint density at radius 1 is 1.13 bits per heavy atom. The van der Waals surface area contributed by atoms with E-state index in [1.807, 2.05) is 0 Å². The molecule has 31 heavy (non-hydrogen) atoms. The highest BCUT2D eigenvalue weighted by Crippen LogP contribution is 2.33. The van der Waals surface area contributed by atoms with E-state index in [4.69, 9.17) is 0 Å². The number of rotatable bonds is 5. The van der Waals surface area contributed by atoms with Crippen LogP contribution in [0.3, 0.4) is 0 Å². The molecule has 1 N–H and O–H groups in total. The molecule has 0 aliphatic carbocycles. The van der Waals surface area contributed by atoms with Gasteiger partial charge in [0.25, 0.3) is 0 Å². The molecule has 0 bridgehead atoms. The highest BCUT2D eigenvalue weighted by molar-refractivity contribution is 7.88. The molecule has 1 heterocycles. The lowest BCUT2D eigenvalue weighted by molar-refractivity contribution is -0.133. The van der Waals surface area contributed by atoms with Gasteiger partial charge in [-0.1, -0.05) is 12.1 Å². The summed E-state index contributed by atoms with van der Waals surface area (Å²) < 4.78 is 52.0. The third-order valence-electron chi connectivity index (χ3n) is 5.26. The van der Waals surface area contributed by atoms with E-state index in [1.165, 1.54) is 54.3 Å². The molecule has 2 aromatic carbocycles. The number of piperazine rings is 1. The number of halogens is 2. The molecule has 2 amide bonds. The Balaban J connectivity index is 1.98. The van der Waals surface area contributed by atoms with Gasteiger partial charge in [0, 0.05) is 18.8 Å². The van der Waals surface area contributed by atoms with E-state index < -0.39 is 45.6 Å². The highest BCUT2D eigenvalue weighted by atomic mass is 32.2. The number of hydrogen-bond acceptors (Lipinski definition) is 4. The summed E-state index contributed by atoms with van der Waals surface area (Å²) in [5.41, 5.74) is -0.219. The Morgan fingerprint density at radius 2 is 1.74 bits per heavy atom. The molecular formula is C21H23F2N3O4S. The van der Waals surface area contributed by atoms with Crippen molar-refractivity contribution in [2.45, 2.75) is 25.9 Å². The van der Waals surface area contributed by atoms with Gasteiger partial charge in [0.2, 0.25) is 21.8 Å². The summed E-state index contributed by atoms with van der Waals surface area (Å²) in [6.45, 7) is 2.41. The second kappa shape index (κ2) is 8.35. The van der Waals surface area contributed by atoms with Crippen molar-refractivity contribution in [3.8, 4) is 0 Å². The Bertz CT molecular complexity index is 1120. The van der Waals surface area contributed by atoms with E-state index in [0.717, 1.165) is 10.6 Å². The SMILES string of the molecule is Cc1cc(F)ccc1N1C(=O)CN(S(C)(=O)=O)CC1(C)C(=O)NCc1ccc(F)cc1. The smallest absolute Gasteiger partial charge is 0.247 e. The fourth-order valence-electron chi connectivity index (χ4n) is 3.62. The summed E-state index contributed by atoms with van der Waals surface area (Å²) in [6, 6.07) is 9.34. The van der Waals surface area contributed by atoms with Crippen molar-refractivity contribution in [3.05, 3.63) is 65.2 Å². The zero-order chi connectivity index (χ0) is 23.0. The van der Waals surface area contributed by atoms with Crippen LogP contribution in [0.4, 0.5) is 14.5 Å². The molecule has 3 rings (SSSR count). The summed E-state index contributed by atoms with van der Waals surface area (Å²) in [6.07, 6.45) is 0.968. The number of sulfonamides is 1. The average molecular weight is 451 g/mol. The number of carbonyl (C=O) groups is 2. The highest BCUT2D eigenvalue weighted by Gasteiger charge is 2.50. The zero-order valence-electron chi connectivity index (χ0n) is 17.4. The van der Waals surface area contributed by atoms with Crippen molar-refractivity contribution in [1.29, 1.82) is 0 Å². The first-order valence-electron chi connectivity index (χ1n) is 9.49. The number of aryl methyl sites for hydroxylation is 1. The monoisotopic (exact) mass is 451 g/mol. The summed E-state index contributed by atoms with van der Waals surface area (Å²) in [5, 5.41) is 2.70. The molecule has 1 unspecified atom stereocenters. The van der Waals surface area contributed by atoms with Crippen molar-refractivity contribution >= 4 is 27.5 Å². The van der Waals surface area contributed by atoms with Crippen LogP contribution in [-0.2, 0) is 26.2 Å². The van der Waals surface area contributed by atoms with Gasteiger partial charge >= 0.3 is 0 Å². The van der Waals surface area contributed by atoms with Gasteiger partial charge in [0.05, 0.1) is 12.8 Å². The Labute approximate surface area is 179 Å². The van der Waals surface area contributed by atoms with Crippen molar-refractivity contribution in [1.82, 2.24) is 9.62 Å². The third-order valence-corrected chi connectivity index (χ3v) is 6.46. The van der Waals surface area contributed by atoms with Crippen LogP contribution in [0.25, 0.3) is 0 Å². The van der Waals surface area contributed by atoms with E-state index in [2.05, 4.69) is 5.32 Å². The van der Waals surface area contributed by atoms with Crippen LogP contribution >= 0.6 is 0 Å². The first kappa shape index (κ1) is 22.8. The van der Waals surface area contributed by atoms with Crippen LogP contribution in [-0.4, -0.2) is 49.4 Å². The molecule has 0 aromatic heterocycles. The lowest BCUT2D eigenvalue weighted by Crippen LogP contribution is -2.70. The maximum absolute atomic E-state index is 13.6. The molecule has 2 aromatic rings. The number of amides is 2. The summed E-state index contributed by atoms with van der Waals surface area (Å²) >= 11 is 0. The maximum Gasteiger partial charge on any atom is 0.247 e. The van der Waals surface area contributed by atoms with Crippen LogP contribution in [0.5, 0.6) is 0 Å². The fraction of sp³-hybridized carbons (Fsp3) is 0.333. The van der Waals surface area contributed by atoms with E-state index in [0.29, 0.717) is 16.8 Å². The molecule has 1 fully saturated rings. The van der Waals surface area contributed by atoms with E-state index in [1.54, 1.807) is 6.92 Å². The predicted octanol–water partition coefficient (Wildman–Crippen LogP) is 1.96. The van der Waals surface area contributed by atoms with E-state index in [-0.39, 0.29) is 13.1 Å². The average Bonchev–Trinajstić information content (AvgIpc) is 2.67. The summed E-state index contributed by atoms with van der Waals surface area (Å²) in [7, 11) is -3.75. The first-order chi connectivity index (χ1) is 14.4. The van der Waals surface area contributed by atoms with E-state index in [9.17, 15) is 26.8 Å². The van der Waals surface area contributed by atoms with Crippen LogP contribution in [0.15, 0.2) is 42.5 Å². The molecule has 166 valence electrons.